The third-order valence-electron chi connectivity index (χ3n) is 6.67. The second-order valence-corrected chi connectivity index (χ2v) is 12.4. The molecule has 1 saturated carbocycles. The molecular formula is C27H39N3O4S. The van der Waals surface area contributed by atoms with Gasteiger partial charge in [0.05, 0.1) is 18.4 Å². The molecule has 0 heterocycles. The monoisotopic (exact) mass is 501 g/mol. The predicted octanol–water partition coefficient (Wildman–Crippen LogP) is 4.90. The van der Waals surface area contributed by atoms with Gasteiger partial charge in [-0.1, -0.05) is 39.0 Å². The van der Waals surface area contributed by atoms with Crippen LogP contribution in [0.1, 0.15) is 63.5 Å². The molecule has 0 bridgehead atoms. The summed E-state index contributed by atoms with van der Waals surface area (Å²) in [5.74, 6) is 1.49. The van der Waals surface area contributed by atoms with Crippen molar-refractivity contribution in [3.05, 3.63) is 53.6 Å². The van der Waals surface area contributed by atoms with Gasteiger partial charge in [0.2, 0.25) is 15.9 Å². The fraction of sp³-hybridized carbons (Fsp3) is 0.519. The van der Waals surface area contributed by atoms with Gasteiger partial charge in [0.1, 0.15) is 12.4 Å². The zero-order chi connectivity index (χ0) is 25.6. The van der Waals surface area contributed by atoms with Crippen molar-refractivity contribution < 1.29 is 17.9 Å². The Morgan fingerprint density at radius 2 is 1.80 bits per heavy atom. The summed E-state index contributed by atoms with van der Waals surface area (Å²) >= 11 is 0. The number of hydrogen-bond acceptors (Lipinski definition) is 5. The molecule has 1 amide bonds. The van der Waals surface area contributed by atoms with Crippen molar-refractivity contribution in [3.8, 4) is 5.75 Å². The van der Waals surface area contributed by atoms with Crippen LogP contribution in [0.5, 0.6) is 5.75 Å². The highest BCUT2D eigenvalue weighted by atomic mass is 32.2. The molecule has 0 radical (unpaired) electrons. The van der Waals surface area contributed by atoms with Gasteiger partial charge in [0, 0.05) is 12.2 Å². The summed E-state index contributed by atoms with van der Waals surface area (Å²) in [6, 6.07) is 13.2. The van der Waals surface area contributed by atoms with Gasteiger partial charge in [0.25, 0.3) is 0 Å². The zero-order valence-corrected chi connectivity index (χ0v) is 22.1. The standard InChI is InChI=1S/C27H39N3O4S/c1-27(2,3)22-11-9-20(10-12-22)21-6-5-7-23(18-21)29-26(31)17-19-8-13-25(34-15-14-28)24(16-19)30-35(4,32)33/h5-8,13,16,18,20,22,30H,9-12,14-15,17,28H2,1-4H3,(H,29,31). The van der Waals surface area contributed by atoms with E-state index in [-0.39, 0.29) is 18.9 Å². The molecule has 35 heavy (non-hydrogen) atoms. The number of benzene rings is 2. The number of nitrogens with one attached hydrogen (secondary N) is 2. The van der Waals surface area contributed by atoms with E-state index in [4.69, 9.17) is 10.5 Å². The summed E-state index contributed by atoms with van der Waals surface area (Å²) in [7, 11) is -3.51. The molecule has 0 saturated heterocycles. The third kappa shape index (κ3) is 8.25. The molecule has 0 spiro atoms. The van der Waals surface area contributed by atoms with Crippen molar-refractivity contribution in [2.45, 2.75) is 58.8 Å². The number of rotatable bonds is 9. The smallest absolute Gasteiger partial charge is 0.229 e. The van der Waals surface area contributed by atoms with Crippen LogP contribution in [0.2, 0.25) is 0 Å². The number of anilines is 2. The van der Waals surface area contributed by atoms with Gasteiger partial charge < -0.3 is 15.8 Å². The van der Waals surface area contributed by atoms with Crippen molar-refractivity contribution in [3.63, 3.8) is 0 Å². The minimum atomic E-state index is -3.51. The number of carbonyl (C=O) groups is 1. The van der Waals surface area contributed by atoms with Crippen molar-refractivity contribution in [1.29, 1.82) is 0 Å². The van der Waals surface area contributed by atoms with E-state index < -0.39 is 10.0 Å². The number of sulfonamides is 1. The van der Waals surface area contributed by atoms with Gasteiger partial charge in [-0.15, -0.1) is 0 Å². The van der Waals surface area contributed by atoms with Crippen molar-refractivity contribution in [2.75, 3.05) is 29.4 Å². The summed E-state index contributed by atoms with van der Waals surface area (Å²) in [5.41, 5.74) is 8.86. The van der Waals surface area contributed by atoms with Crippen LogP contribution in [0.25, 0.3) is 0 Å². The Labute approximate surface area is 209 Å². The van der Waals surface area contributed by atoms with Gasteiger partial charge in [0.15, 0.2) is 0 Å². The number of amides is 1. The lowest BCUT2D eigenvalue weighted by Gasteiger charge is -2.37. The van der Waals surface area contributed by atoms with Crippen molar-refractivity contribution >= 4 is 27.3 Å². The van der Waals surface area contributed by atoms with Crippen LogP contribution in [-0.4, -0.2) is 33.7 Å². The number of carbonyl (C=O) groups excluding carboxylic acids is 1. The highest BCUT2D eigenvalue weighted by Gasteiger charge is 2.30. The Balaban J connectivity index is 1.65. The Morgan fingerprint density at radius 1 is 1.09 bits per heavy atom. The van der Waals surface area contributed by atoms with Crippen LogP contribution < -0.4 is 20.5 Å². The molecule has 0 aliphatic heterocycles. The third-order valence-corrected chi connectivity index (χ3v) is 7.26. The maximum absolute atomic E-state index is 12.8. The Morgan fingerprint density at radius 3 is 2.43 bits per heavy atom. The summed E-state index contributed by atoms with van der Waals surface area (Å²) in [6.07, 6.45) is 6.00. The molecule has 0 aromatic heterocycles. The van der Waals surface area contributed by atoms with Crippen LogP contribution in [-0.2, 0) is 21.2 Å². The minimum Gasteiger partial charge on any atom is -0.490 e. The molecule has 8 heteroatoms. The average Bonchev–Trinajstić information content (AvgIpc) is 2.77. The van der Waals surface area contributed by atoms with Crippen LogP contribution in [0, 0.1) is 11.3 Å². The molecule has 0 unspecified atom stereocenters. The largest absolute Gasteiger partial charge is 0.490 e. The lowest BCUT2D eigenvalue weighted by molar-refractivity contribution is -0.115. The first kappa shape index (κ1) is 27.0. The second kappa shape index (κ2) is 11.4. The average molecular weight is 502 g/mol. The number of hydrogen-bond donors (Lipinski definition) is 3. The molecule has 2 aromatic rings. The number of nitrogens with two attached hydrogens (primary N) is 1. The lowest BCUT2D eigenvalue weighted by Crippen LogP contribution is -2.25. The van der Waals surface area contributed by atoms with E-state index in [1.54, 1.807) is 18.2 Å². The summed E-state index contributed by atoms with van der Waals surface area (Å²) < 4.78 is 31.5. The lowest BCUT2D eigenvalue weighted by atomic mass is 9.68. The summed E-state index contributed by atoms with van der Waals surface area (Å²) in [4.78, 5) is 12.8. The van der Waals surface area contributed by atoms with E-state index in [0.29, 0.717) is 34.9 Å². The van der Waals surface area contributed by atoms with Gasteiger partial charge in [-0.3, -0.25) is 9.52 Å². The van der Waals surface area contributed by atoms with Gasteiger partial charge in [-0.05, 0) is 78.3 Å². The molecule has 0 atom stereocenters. The molecule has 192 valence electrons. The van der Waals surface area contributed by atoms with E-state index in [1.165, 1.54) is 31.2 Å². The molecule has 2 aromatic carbocycles. The summed E-state index contributed by atoms with van der Waals surface area (Å²) in [6.45, 7) is 7.55. The minimum absolute atomic E-state index is 0.108. The number of ether oxygens (including phenoxy) is 1. The molecule has 3 rings (SSSR count). The van der Waals surface area contributed by atoms with E-state index in [9.17, 15) is 13.2 Å². The van der Waals surface area contributed by atoms with E-state index in [0.717, 1.165) is 17.9 Å². The van der Waals surface area contributed by atoms with Gasteiger partial charge in [-0.25, -0.2) is 8.42 Å². The van der Waals surface area contributed by atoms with Crippen LogP contribution in [0.4, 0.5) is 11.4 Å². The normalized spacial score (nSPS) is 18.7. The Bertz CT molecular complexity index is 1120. The molecule has 1 aliphatic carbocycles. The first-order chi connectivity index (χ1) is 16.4. The fourth-order valence-corrected chi connectivity index (χ4v) is 5.37. The maximum Gasteiger partial charge on any atom is 0.229 e. The van der Waals surface area contributed by atoms with Crippen LogP contribution >= 0.6 is 0 Å². The van der Waals surface area contributed by atoms with Crippen molar-refractivity contribution in [2.24, 2.45) is 17.1 Å². The van der Waals surface area contributed by atoms with E-state index >= 15 is 0 Å². The predicted molar refractivity (Wildman–Crippen MR) is 142 cm³/mol. The fourth-order valence-electron chi connectivity index (χ4n) is 4.82. The molecule has 1 fully saturated rings. The highest BCUT2D eigenvalue weighted by molar-refractivity contribution is 7.92. The molecule has 7 nitrogen and oxygen atoms in total. The van der Waals surface area contributed by atoms with E-state index in [2.05, 4.69) is 42.9 Å². The van der Waals surface area contributed by atoms with Crippen molar-refractivity contribution in [1.82, 2.24) is 0 Å². The molecule has 4 N–H and O–H groups in total. The maximum atomic E-state index is 12.8. The van der Waals surface area contributed by atoms with Crippen LogP contribution in [0.15, 0.2) is 42.5 Å². The van der Waals surface area contributed by atoms with Crippen LogP contribution in [0.3, 0.4) is 0 Å². The first-order valence-electron chi connectivity index (χ1n) is 12.3. The topological polar surface area (TPSA) is 111 Å². The highest BCUT2D eigenvalue weighted by Crippen LogP contribution is 2.43. The Kier molecular flexibility index (Phi) is 8.83. The quantitative estimate of drug-likeness (QED) is 0.453. The SMILES string of the molecule is CC(C)(C)C1CCC(c2cccc(NC(=O)Cc3ccc(OCCN)c(NS(C)(=O)=O)c3)c2)CC1. The second-order valence-electron chi connectivity index (χ2n) is 10.6. The first-order valence-corrected chi connectivity index (χ1v) is 14.2. The molecule has 1 aliphatic rings. The zero-order valence-electron chi connectivity index (χ0n) is 21.3. The van der Waals surface area contributed by atoms with Gasteiger partial charge >= 0.3 is 0 Å². The van der Waals surface area contributed by atoms with Gasteiger partial charge in [-0.2, -0.15) is 0 Å². The molecular weight excluding hydrogens is 462 g/mol. The Hall–Kier alpha value is -2.58. The van der Waals surface area contributed by atoms with E-state index in [1.807, 2.05) is 12.1 Å². The summed E-state index contributed by atoms with van der Waals surface area (Å²) in [5, 5.41) is 2.99.